The van der Waals surface area contributed by atoms with Gasteiger partial charge in [-0.05, 0) is 6.92 Å². The first-order valence-electron chi connectivity index (χ1n) is 3.53. The molecule has 6 heteroatoms. The molecule has 0 spiro atoms. The molecule has 1 aromatic rings. The van der Waals surface area contributed by atoms with Crippen molar-refractivity contribution in [3.05, 3.63) is 32.6 Å². The highest BCUT2D eigenvalue weighted by atomic mass is 16.4. The fourth-order valence-electron chi connectivity index (χ4n) is 0.969. The number of H-pyrrole nitrogens is 1. The van der Waals surface area contributed by atoms with E-state index in [2.05, 4.69) is 0 Å². The zero-order chi connectivity index (χ0) is 10.0. The summed E-state index contributed by atoms with van der Waals surface area (Å²) in [5, 5.41) is 8.43. The van der Waals surface area contributed by atoms with Crippen LogP contribution in [0.15, 0.2) is 15.7 Å². The minimum atomic E-state index is -1.13. The van der Waals surface area contributed by atoms with Crippen LogP contribution in [0, 0.1) is 6.92 Å². The summed E-state index contributed by atoms with van der Waals surface area (Å²) in [5.41, 5.74) is -0.896. The van der Waals surface area contributed by atoms with E-state index >= 15 is 0 Å². The van der Waals surface area contributed by atoms with Gasteiger partial charge >= 0.3 is 11.7 Å². The lowest BCUT2D eigenvalue weighted by Gasteiger charge is -2.03. The van der Waals surface area contributed by atoms with Gasteiger partial charge in [0, 0.05) is 11.8 Å². The molecule has 0 aliphatic carbocycles. The number of carbonyl (C=O) groups is 1. The molecule has 0 aromatic carbocycles. The van der Waals surface area contributed by atoms with Crippen LogP contribution in [0.25, 0.3) is 0 Å². The first-order chi connectivity index (χ1) is 6.00. The fraction of sp³-hybridized carbons (Fsp3) is 0.286. The summed E-state index contributed by atoms with van der Waals surface area (Å²) >= 11 is 0. The zero-order valence-corrected chi connectivity index (χ0v) is 6.90. The third-order valence-corrected chi connectivity index (χ3v) is 1.53. The van der Waals surface area contributed by atoms with Crippen LogP contribution < -0.4 is 11.2 Å². The van der Waals surface area contributed by atoms with Gasteiger partial charge in [-0.15, -0.1) is 0 Å². The second-order valence-electron chi connectivity index (χ2n) is 2.56. The van der Waals surface area contributed by atoms with Crippen molar-refractivity contribution in [2.24, 2.45) is 0 Å². The highest BCUT2D eigenvalue weighted by Crippen LogP contribution is 1.87. The van der Waals surface area contributed by atoms with E-state index in [1.165, 1.54) is 13.0 Å². The summed E-state index contributed by atoms with van der Waals surface area (Å²) < 4.78 is 0.976. The average Bonchev–Trinajstić information content (AvgIpc) is 1.96. The van der Waals surface area contributed by atoms with Crippen LogP contribution in [-0.2, 0) is 11.3 Å². The number of rotatable bonds is 2. The molecule has 1 rings (SSSR count). The van der Waals surface area contributed by atoms with Crippen LogP contribution >= 0.6 is 0 Å². The molecule has 13 heavy (non-hydrogen) atoms. The lowest BCUT2D eigenvalue weighted by molar-refractivity contribution is -0.137. The first kappa shape index (κ1) is 9.24. The Kier molecular flexibility index (Phi) is 2.32. The Balaban J connectivity index is 3.29. The van der Waals surface area contributed by atoms with E-state index in [1.807, 2.05) is 4.98 Å². The summed E-state index contributed by atoms with van der Waals surface area (Å²) in [5.74, 6) is -1.13. The quantitative estimate of drug-likeness (QED) is 0.612. The maximum absolute atomic E-state index is 11.0. The van der Waals surface area contributed by atoms with Gasteiger partial charge < -0.3 is 5.11 Å². The largest absolute Gasteiger partial charge is 0.480 e. The average molecular weight is 184 g/mol. The van der Waals surface area contributed by atoms with Gasteiger partial charge in [0.05, 0.1) is 0 Å². The van der Waals surface area contributed by atoms with Crippen molar-refractivity contribution in [2.75, 3.05) is 0 Å². The molecular weight excluding hydrogens is 176 g/mol. The van der Waals surface area contributed by atoms with Crippen LogP contribution in [-0.4, -0.2) is 20.6 Å². The minimum absolute atomic E-state index is 0.330. The fourth-order valence-corrected chi connectivity index (χ4v) is 0.969. The molecule has 6 nitrogen and oxygen atoms in total. The highest BCUT2D eigenvalue weighted by Gasteiger charge is 2.05. The lowest BCUT2D eigenvalue weighted by Crippen LogP contribution is -2.33. The van der Waals surface area contributed by atoms with Gasteiger partial charge in [-0.1, -0.05) is 0 Å². The number of aliphatic carboxylic acids is 1. The number of hydrogen-bond acceptors (Lipinski definition) is 3. The zero-order valence-electron chi connectivity index (χ0n) is 6.90. The molecule has 0 saturated carbocycles. The van der Waals surface area contributed by atoms with Gasteiger partial charge in [-0.25, -0.2) is 4.79 Å². The second-order valence-corrected chi connectivity index (χ2v) is 2.56. The predicted octanol–water partition coefficient (Wildman–Crippen LogP) is -1.07. The van der Waals surface area contributed by atoms with Crippen molar-refractivity contribution < 1.29 is 9.90 Å². The third-order valence-electron chi connectivity index (χ3n) is 1.53. The summed E-state index contributed by atoms with van der Waals surface area (Å²) in [6.07, 6.45) is 0. The van der Waals surface area contributed by atoms with Gasteiger partial charge in [-0.3, -0.25) is 19.1 Å². The van der Waals surface area contributed by atoms with E-state index in [1.54, 1.807) is 0 Å². The lowest BCUT2D eigenvalue weighted by atomic mass is 10.4. The molecule has 1 heterocycles. The van der Waals surface area contributed by atoms with Crippen LogP contribution in [0.1, 0.15) is 5.69 Å². The Labute approximate surface area is 72.5 Å². The molecule has 70 valence electrons. The maximum Gasteiger partial charge on any atom is 0.329 e. The number of carboxylic acids is 1. The Morgan fingerprint density at radius 1 is 1.62 bits per heavy atom. The van der Waals surface area contributed by atoms with Crippen molar-refractivity contribution in [3.63, 3.8) is 0 Å². The topological polar surface area (TPSA) is 92.2 Å². The number of nitrogens with zero attached hydrogens (tertiary/aromatic N) is 1. The SMILES string of the molecule is Cc1cc(=O)[nH]c(=O)n1CC(=O)O. The molecule has 0 amide bonds. The highest BCUT2D eigenvalue weighted by molar-refractivity contribution is 5.66. The molecule has 1 aromatic heterocycles. The molecule has 2 N–H and O–H groups in total. The number of aromatic nitrogens is 2. The van der Waals surface area contributed by atoms with Crippen molar-refractivity contribution in [2.45, 2.75) is 13.5 Å². The Hall–Kier alpha value is -1.85. The first-order valence-corrected chi connectivity index (χ1v) is 3.53. The number of hydrogen-bond donors (Lipinski definition) is 2. The van der Waals surface area contributed by atoms with Crippen LogP contribution in [0.4, 0.5) is 0 Å². The van der Waals surface area contributed by atoms with E-state index in [-0.39, 0.29) is 0 Å². The Morgan fingerprint density at radius 2 is 2.23 bits per heavy atom. The van der Waals surface area contributed by atoms with E-state index in [0.29, 0.717) is 5.69 Å². The number of aromatic amines is 1. The van der Waals surface area contributed by atoms with E-state index in [9.17, 15) is 14.4 Å². The normalized spacial score (nSPS) is 9.92. The Morgan fingerprint density at radius 3 is 2.69 bits per heavy atom. The third kappa shape index (κ3) is 2.05. The predicted molar refractivity (Wildman–Crippen MR) is 43.7 cm³/mol. The number of nitrogens with one attached hydrogen (secondary N) is 1. The van der Waals surface area contributed by atoms with Gasteiger partial charge in [-0.2, -0.15) is 0 Å². The summed E-state index contributed by atoms with van der Waals surface area (Å²) in [6.45, 7) is 1.06. The molecule has 0 atom stereocenters. The van der Waals surface area contributed by atoms with Gasteiger partial charge in [0.2, 0.25) is 0 Å². The van der Waals surface area contributed by atoms with Crippen molar-refractivity contribution in [1.82, 2.24) is 9.55 Å². The van der Waals surface area contributed by atoms with Crippen LogP contribution in [0.2, 0.25) is 0 Å². The van der Waals surface area contributed by atoms with Crippen LogP contribution in [0.5, 0.6) is 0 Å². The molecule has 0 bridgehead atoms. The molecular formula is C7H8N2O4. The monoisotopic (exact) mass is 184 g/mol. The Bertz CT molecular complexity index is 443. The summed E-state index contributed by atoms with van der Waals surface area (Å²) in [7, 11) is 0. The molecule has 0 radical (unpaired) electrons. The summed E-state index contributed by atoms with van der Waals surface area (Å²) in [6, 6.07) is 1.17. The molecule has 0 aliphatic rings. The number of carboxylic acid groups (broad SMARTS) is 1. The molecule has 0 saturated heterocycles. The standard InChI is InChI=1S/C7H8N2O4/c1-4-2-5(10)8-7(13)9(4)3-6(11)12/h2H,3H2,1H3,(H,11,12)(H,8,10,13). The smallest absolute Gasteiger partial charge is 0.329 e. The molecule has 0 unspecified atom stereocenters. The second kappa shape index (κ2) is 3.26. The van der Waals surface area contributed by atoms with Crippen molar-refractivity contribution in [3.8, 4) is 0 Å². The minimum Gasteiger partial charge on any atom is -0.480 e. The van der Waals surface area contributed by atoms with E-state index < -0.39 is 23.8 Å². The van der Waals surface area contributed by atoms with Crippen molar-refractivity contribution in [1.29, 1.82) is 0 Å². The number of aryl methyl sites for hydroxylation is 1. The summed E-state index contributed by atoms with van der Waals surface area (Å²) in [4.78, 5) is 34.1. The van der Waals surface area contributed by atoms with Gasteiger partial charge in [0.25, 0.3) is 5.56 Å². The van der Waals surface area contributed by atoms with E-state index in [0.717, 1.165) is 4.57 Å². The van der Waals surface area contributed by atoms with Gasteiger partial charge in [0.15, 0.2) is 0 Å². The van der Waals surface area contributed by atoms with Gasteiger partial charge in [0.1, 0.15) is 6.54 Å². The maximum atomic E-state index is 11.0. The molecule has 0 fully saturated rings. The van der Waals surface area contributed by atoms with Crippen LogP contribution in [0.3, 0.4) is 0 Å². The molecule has 0 aliphatic heterocycles. The van der Waals surface area contributed by atoms with E-state index in [4.69, 9.17) is 5.11 Å². The van der Waals surface area contributed by atoms with Crippen molar-refractivity contribution >= 4 is 5.97 Å².